The molecule has 0 aliphatic heterocycles. The lowest BCUT2D eigenvalue weighted by atomic mass is 9.93. The van der Waals surface area contributed by atoms with Crippen LogP contribution in [0, 0.1) is 0 Å². The van der Waals surface area contributed by atoms with Gasteiger partial charge >= 0.3 is 17.9 Å². The van der Waals surface area contributed by atoms with Gasteiger partial charge in [-0.3, -0.25) is 0 Å². The van der Waals surface area contributed by atoms with E-state index in [2.05, 4.69) is 20.7 Å². The van der Waals surface area contributed by atoms with Gasteiger partial charge in [0, 0.05) is 12.0 Å². The van der Waals surface area contributed by atoms with Crippen LogP contribution < -0.4 is 0 Å². The summed E-state index contributed by atoms with van der Waals surface area (Å²) in [6.45, 7) is 1.53. The van der Waals surface area contributed by atoms with Crippen LogP contribution in [0.3, 0.4) is 0 Å². The lowest BCUT2D eigenvalue weighted by molar-refractivity contribution is -0.161. The first-order chi connectivity index (χ1) is 12.9. The van der Waals surface area contributed by atoms with E-state index in [1.54, 1.807) is 36.4 Å². The summed E-state index contributed by atoms with van der Waals surface area (Å²) < 4.78 is 20.8. The van der Waals surface area contributed by atoms with Crippen molar-refractivity contribution in [3.8, 4) is 0 Å². The highest BCUT2D eigenvalue weighted by Crippen LogP contribution is 2.31. The number of methoxy groups -OCH3 is 2. The molecule has 2 rings (SSSR count). The van der Waals surface area contributed by atoms with Gasteiger partial charge in [0.1, 0.15) is 12.2 Å². The Bertz CT molecular complexity index is 716. The maximum absolute atomic E-state index is 12.4. The summed E-state index contributed by atoms with van der Waals surface area (Å²) in [6, 6.07) is 8.52. The SMILES string of the molecule is COC(=O)C1=C[C@H](Br)[C@@H](OC(=O)c2ccccc2)[C@H](O[C@@H](C)C(=O)OC)C1. The van der Waals surface area contributed by atoms with Crippen molar-refractivity contribution in [1.82, 2.24) is 0 Å². The molecule has 27 heavy (non-hydrogen) atoms. The number of hydrogen-bond acceptors (Lipinski definition) is 7. The van der Waals surface area contributed by atoms with Crippen LogP contribution in [0.15, 0.2) is 42.0 Å². The minimum Gasteiger partial charge on any atom is -0.467 e. The first-order valence-electron chi connectivity index (χ1n) is 8.29. The summed E-state index contributed by atoms with van der Waals surface area (Å²) in [5.41, 5.74) is 0.758. The van der Waals surface area contributed by atoms with E-state index in [0.29, 0.717) is 11.1 Å². The zero-order chi connectivity index (χ0) is 20.0. The molecule has 0 N–H and O–H groups in total. The number of ether oxygens (including phenoxy) is 4. The summed E-state index contributed by atoms with van der Waals surface area (Å²) in [7, 11) is 2.53. The van der Waals surface area contributed by atoms with Crippen LogP contribution in [0.2, 0.25) is 0 Å². The van der Waals surface area contributed by atoms with Crippen LogP contribution in [0.1, 0.15) is 23.7 Å². The molecular formula is C19H21BrO7. The monoisotopic (exact) mass is 440 g/mol. The van der Waals surface area contributed by atoms with Gasteiger partial charge in [-0.05, 0) is 19.1 Å². The van der Waals surface area contributed by atoms with Crippen molar-refractivity contribution in [2.45, 2.75) is 36.5 Å². The molecule has 0 aromatic heterocycles. The fraction of sp³-hybridized carbons (Fsp3) is 0.421. The maximum Gasteiger partial charge on any atom is 0.338 e. The average Bonchev–Trinajstić information content (AvgIpc) is 2.69. The van der Waals surface area contributed by atoms with E-state index < -0.39 is 41.0 Å². The summed E-state index contributed by atoms with van der Waals surface area (Å²) >= 11 is 3.42. The van der Waals surface area contributed by atoms with Crippen molar-refractivity contribution >= 4 is 33.8 Å². The molecule has 0 heterocycles. The number of carbonyl (C=O) groups excluding carboxylic acids is 3. The molecule has 0 amide bonds. The van der Waals surface area contributed by atoms with Crippen molar-refractivity contribution in [3.05, 3.63) is 47.5 Å². The Labute approximate surface area is 165 Å². The molecule has 0 saturated carbocycles. The number of rotatable bonds is 6. The second kappa shape index (κ2) is 9.66. The van der Waals surface area contributed by atoms with Gasteiger partial charge in [-0.1, -0.05) is 40.2 Å². The van der Waals surface area contributed by atoms with E-state index in [0.717, 1.165) is 0 Å². The number of hydrogen-bond donors (Lipinski definition) is 0. The Hall–Kier alpha value is -2.19. The molecule has 0 unspecified atom stereocenters. The third-order valence-electron chi connectivity index (χ3n) is 4.07. The van der Waals surface area contributed by atoms with Crippen LogP contribution in [0.5, 0.6) is 0 Å². The lowest BCUT2D eigenvalue weighted by Crippen LogP contribution is -2.45. The number of halogens is 1. The van der Waals surface area contributed by atoms with Crippen molar-refractivity contribution in [2.75, 3.05) is 14.2 Å². The Morgan fingerprint density at radius 1 is 1.07 bits per heavy atom. The maximum atomic E-state index is 12.4. The highest BCUT2D eigenvalue weighted by Gasteiger charge is 2.39. The molecule has 0 spiro atoms. The third kappa shape index (κ3) is 5.40. The number of esters is 3. The van der Waals surface area contributed by atoms with E-state index >= 15 is 0 Å². The predicted molar refractivity (Wildman–Crippen MR) is 99.4 cm³/mol. The van der Waals surface area contributed by atoms with E-state index in [9.17, 15) is 14.4 Å². The summed E-state index contributed by atoms with van der Waals surface area (Å²) in [5.74, 6) is -1.60. The molecule has 0 saturated heterocycles. The molecule has 1 aromatic carbocycles. The van der Waals surface area contributed by atoms with Crippen LogP contribution in [0.25, 0.3) is 0 Å². The van der Waals surface area contributed by atoms with Gasteiger partial charge in [-0.25, -0.2) is 14.4 Å². The molecule has 1 aliphatic rings. The summed E-state index contributed by atoms with van der Waals surface area (Å²) in [5, 5.41) is 0. The van der Waals surface area contributed by atoms with Crippen molar-refractivity contribution in [2.24, 2.45) is 0 Å². The molecular weight excluding hydrogens is 420 g/mol. The molecule has 0 fully saturated rings. The molecule has 1 aromatic rings. The normalized spacial score (nSPS) is 23.0. The first kappa shape index (κ1) is 21.1. The second-order valence-electron chi connectivity index (χ2n) is 5.91. The standard InChI is InChI=1S/C19H21BrO7/c1-11(17(21)24-2)26-15-10-13(18(22)25-3)9-14(20)16(15)27-19(23)12-7-5-4-6-8-12/h4-9,11,14-16H,10H2,1-3H3/t11-,14-,15+,16+/m0/s1. The molecule has 8 heteroatoms. The van der Waals surface area contributed by atoms with Crippen LogP contribution in [-0.2, 0) is 28.5 Å². The number of carbonyl (C=O) groups is 3. The summed E-state index contributed by atoms with van der Waals surface area (Å²) in [4.78, 5) is 35.6. The van der Waals surface area contributed by atoms with Gasteiger partial charge in [-0.2, -0.15) is 0 Å². The second-order valence-corrected chi connectivity index (χ2v) is 6.97. The lowest BCUT2D eigenvalue weighted by Gasteiger charge is -2.34. The van der Waals surface area contributed by atoms with Crippen molar-refractivity contribution in [1.29, 1.82) is 0 Å². The van der Waals surface area contributed by atoms with Gasteiger partial charge in [0.05, 0.1) is 24.6 Å². The Kier molecular flexibility index (Phi) is 7.55. The molecule has 146 valence electrons. The van der Waals surface area contributed by atoms with E-state index in [1.807, 2.05) is 0 Å². The van der Waals surface area contributed by atoms with E-state index in [-0.39, 0.29) is 6.42 Å². The largest absolute Gasteiger partial charge is 0.467 e. The fourth-order valence-corrected chi connectivity index (χ4v) is 3.46. The highest BCUT2D eigenvalue weighted by atomic mass is 79.9. The molecule has 1 aliphatic carbocycles. The Balaban J connectivity index is 2.23. The minimum atomic E-state index is -0.894. The highest BCUT2D eigenvalue weighted by molar-refractivity contribution is 9.09. The molecule has 0 radical (unpaired) electrons. The van der Waals surface area contributed by atoms with Crippen molar-refractivity contribution < 1.29 is 33.3 Å². The van der Waals surface area contributed by atoms with Gasteiger partial charge in [0.15, 0.2) is 6.10 Å². The fourth-order valence-electron chi connectivity index (χ4n) is 2.69. The van der Waals surface area contributed by atoms with E-state index in [1.165, 1.54) is 21.1 Å². The van der Waals surface area contributed by atoms with E-state index in [4.69, 9.17) is 14.2 Å². The van der Waals surface area contributed by atoms with Crippen LogP contribution in [0.4, 0.5) is 0 Å². The zero-order valence-corrected chi connectivity index (χ0v) is 16.8. The predicted octanol–water partition coefficient (Wildman–Crippen LogP) is 2.43. The first-order valence-corrected chi connectivity index (χ1v) is 9.21. The van der Waals surface area contributed by atoms with Gasteiger partial charge in [0.2, 0.25) is 0 Å². The number of alkyl halides is 1. The van der Waals surface area contributed by atoms with Crippen molar-refractivity contribution in [3.63, 3.8) is 0 Å². The Morgan fingerprint density at radius 3 is 2.33 bits per heavy atom. The van der Waals surface area contributed by atoms with Crippen LogP contribution in [-0.4, -0.2) is 55.3 Å². The minimum absolute atomic E-state index is 0.128. The smallest absolute Gasteiger partial charge is 0.338 e. The van der Waals surface area contributed by atoms with Gasteiger partial charge < -0.3 is 18.9 Å². The third-order valence-corrected chi connectivity index (χ3v) is 4.86. The average molecular weight is 441 g/mol. The van der Waals surface area contributed by atoms with Crippen LogP contribution >= 0.6 is 15.9 Å². The molecule has 7 nitrogen and oxygen atoms in total. The summed E-state index contributed by atoms with van der Waals surface area (Å²) in [6.07, 6.45) is -0.636. The van der Waals surface area contributed by atoms with Gasteiger partial charge in [-0.15, -0.1) is 0 Å². The zero-order valence-electron chi connectivity index (χ0n) is 15.2. The topological polar surface area (TPSA) is 88.1 Å². The molecule has 4 atom stereocenters. The Morgan fingerprint density at radius 2 is 1.74 bits per heavy atom. The molecule has 0 bridgehead atoms. The number of benzene rings is 1. The van der Waals surface area contributed by atoms with Gasteiger partial charge in [0.25, 0.3) is 0 Å². The quantitative estimate of drug-likeness (QED) is 0.381.